The van der Waals surface area contributed by atoms with Crippen LogP contribution in [0.15, 0.2) is 48.5 Å². The molecule has 0 unspecified atom stereocenters. The Bertz CT molecular complexity index is 540. The van der Waals surface area contributed by atoms with Crippen LogP contribution in [0.1, 0.15) is 12.0 Å². The van der Waals surface area contributed by atoms with Crippen molar-refractivity contribution in [2.24, 2.45) is 0 Å². The largest absolute Gasteiger partial charge is 0.497 e. The van der Waals surface area contributed by atoms with Gasteiger partial charge in [-0.2, -0.15) is 0 Å². The third kappa shape index (κ3) is 5.36. The van der Waals surface area contributed by atoms with Gasteiger partial charge in [-0.25, -0.2) is 0 Å². The monoisotopic (exact) mass is 287 g/mol. The van der Waals surface area contributed by atoms with Crippen LogP contribution in [-0.2, 0) is 11.3 Å². The highest BCUT2D eigenvalue weighted by molar-refractivity contribution is 5.43. The minimum atomic E-state index is 0.599. The summed E-state index contributed by atoms with van der Waals surface area (Å²) in [7, 11) is 1.66. The molecule has 4 heteroatoms. The molecule has 0 bridgehead atoms. The van der Waals surface area contributed by atoms with Gasteiger partial charge in [0.25, 0.3) is 0 Å². The van der Waals surface area contributed by atoms with Gasteiger partial charge in [-0.1, -0.05) is 18.2 Å². The standard InChI is InChI=1S/C17H21NO3/c1-19-16-8-6-14(7-9-16)13-20-10-3-11-21-17-5-2-4-15(18)12-17/h2,4-9,12H,3,10-11,13,18H2,1H3. The lowest BCUT2D eigenvalue weighted by Gasteiger charge is -2.08. The number of anilines is 1. The van der Waals surface area contributed by atoms with Crippen LogP contribution in [0.3, 0.4) is 0 Å². The van der Waals surface area contributed by atoms with E-state index in [1.54, 1.807) is 7.11 Å². The maximum Gasteiger partial charge on any atom is 0.121 e. The first-order chi connectivity index (χ1) is 10.3. The molecule has 0 aliphatic rings. The molecule has 112 valence electrons. The zero-order chi connectivity index (χ0) is 14.9. The van der Waals surface area contributed by atoms with E-state index in [2.05, 4.69) is 0 Å². The van der Waals surface area contributed by atoms with E-state index >= 15 is 0 Å². The molecule has 0 aliphatic heterocycles. The summed E-state index contributed by atoms with van der Waals surface area (Å²) in [6.45, 7) is 1.88. The number of methoxy groups -OCH3 is 1. The minimum Gasteiger partial charge on any atom is -0.497 e. The molecule has 2 aromatic carbocycles. The van der Waals surface area contributed by atoms with E-state index in [1.165, 1.54) is 0 Å². The number of ether oxygens (including phenoxy) is 3. The molecule has 0 amide bonds. The quantitative estimate of drug-likeness (QED) is 0.598. The van der Waals surface area contributed by atoms with Crippen molar-refractivity contribution in [1.82, 2.24) is 0 Å². The van der Waals surface area contributed by atoms with Crippen molar-refractivity contribution in [2.75, 3.05) is 26.1 Å². The van der Waals surface area contributed by atoms with Crippen molar-refractivity contribution in [3.63, 3.8) is 0 Å². The summed E-state index contributed by atoms with van der Waals surface area (Å²) in [6.07, 6.45) is 0.838. The maximum absolute atomic E-state index is 5.68. The number of nitrogen functional groups attached to an aromatic ring is 1. The highest BCUT2D eigenvalue weighted by Gasteiger charge is 1.97. The van der Waals surface area contributed by atoms with Crippen LogP contribution in [0, 0.1) is 0 Å². The Labute approximate surface area is 125 Å². The first-order valence-electron chi connectivity index (χ1n) is 6.97. The molecule has 0 atom stereocenters. The van der Waals surface area contributed by atoms with Crippen molar-refractivity contribution in [3.8, 4) is 11.5 Å². The summed E-state index contributed by atoms with van der Waals surface area (Å²) < 4.78 is 16.3. The maximum atomic E-state index is 5.68. The van der Waals surface area contributed by atoms with Gasteiger partial charge >= 0.3 is 0 Å². The van der Waals surface area contributed by atoms with Crippen LogP contribution >= 0.6 is 0 Å². The fraction of sp³-hybridized carbons (Fsp3) is 0.294. The fourth-order valence-corrected chi connectivity index (χ4v) is 1.87. The third-order valence-corrected chi connectivity index (χ3v) is 2.99. The van der Waals surface area contributed by atoms with Gasteiger partial charge < -0.3 is 19.9 Å². The number of hydrogen-bond donors (Lipinski definition) is 1. The third-order valence-electron chi connectivity index (χ3n) is 2.99. The SMILES string of the molecule is COc1ccc(COCCCOc2cccc(N)c2)cc1. The van der Waals surface area contributed by atoms with E-state index in [0.29, 0.717) is 25.5 Å². The molecule has 0 aromatic heterocycles. The average Bonchev–Trinajstić information content (AvgIpc) is 2.51. The Balaban J connectivity index is 1.59. The molecule has 0 radical (unpaired) electrons. The summed E-state index contributed by atoms with van der Waals surface area (Å²) in [5.41, 5.74) is 7.53. The molecule has 4 nitrogen and oxygen atoms in total. The van der Waals surface area contributed by atoms with Crippen molar-refractivity contribution in [1.29, 1.82) is 0 Å². The molecule has 0 saturated heterocycles. The second-order valence-electron chi connectivity index (χ2n) is 4.68. The Morgan fingerprint density at radius 3 is 2.48 bits per heavy atom. The average molecular weight is 287 g/mol. The zero-order valence-corrected chi connectivity index (χ0v) is 12.2. The normalized spacial score (nSPS) is 10.3. The summed E-state index contributed by atoms with van der Waals surface area (Å²) in [5.74, 6) is 1.65. The fourth-order valence-electron chi connectivity index (χ4n) is 1.87. The molecule has 2 aromatic rings. The zero-order valence-electron chi connectivity index (χ0n) is 12.2. The van der Waals surface area contributed by atoms with Crippen LogP contribution in [0.5, 0.6) is 11.5 Å². The molecule has 0 fully saturated rings. The van der Waals surface area contributed by atoms with Crippen LogP contribution < -0.4 is 15.2 Å². The summed E-state index contributed by atoms with van der Waals surface area (Å²) in [5, 5.41) is 0. The lowest BCUT2D eigenvalue weighted by Crippen LogP contribution is -2.03. The summed E-state index contributed by atoms with van der Waals surface area (Å²) in [4.78, 5) is 0. The molecule has 2 rings (SSSR count). The van der Waals surface area contributed by atoms with Gasteiger partial charge in [0.05, 0.1) is 26.9 Å². The predicted molar refractivity (Wildman–Crippen MR) is 83.6 cm³/mol. The highest BCUT2D eigenvalue weighted by Crippen LogP contribution is 2.15. The van der Waals surface area contributed by atoms with E-state index in [1.807, 2.05) is 48.5 Å². The van der Waals surface area contributed by atoms with Crippen molar-refractivity contribution < 1.29 is 14.2 Å². The minimum absolute atomic E-state index is 0.599. The van der Waals surface area contributed by atoms with Crippen LogP contribution in [0.4, 0.5) is 5.69 Å². The van der Waals surface area contributed by atoms with Crippen LogP contribution in [0.25, 0.3) is 0 Å². The summed E-state index contributed by atoms with van der Waals surface area (Å²) in [6, 6.07) is 15.3. The Morgan fingerprint density at radius 2 is 1.76 bits per heavy atom. The molecule has 0 spiro atoms. The van der Waals surface area contributed by atoms with E-state index in [4.69, 9.17) is 19.9 Å². The van der Waals surface area contributed by atoms with Gasteiger partial charge in [0.2, 0.25) is 0 Å². The molecule has 2 N–H and O–H groups in total. The molecule has 0 aliphatic carbocycles. The molecule has 0 heterocycles. The van der Waals surface area contributed by atoms with Gasteiger partial charge in [-0.15, -0.1) is 0 Å². The van der Waals surface area contributed by atoms with Crippen molar-refractivity contribution in [2.45, 2.75) is 13.0 Å². The van der Waals surface area contributed by atoms with E-state index in [-0.39, 0.29) is 0 Å². The molecular weight excluding hydrogens is 266 g/mol. The lowest BCUT2D eigenvalue weighted by atomic mass is 10.2. The Morgan fingerprint density at radius 1 is 0.952 bits per heavy atom. The van der Waals surface area contributed by atoms with Crippen molar-refractivity contribution in [3.05, 3.63) is 54.1 Å². The topological polar surface area (TPSA) is 53.7 Å². The van der Waals surface area contributed by atoms with E-state index < -0.39 is 0 Å². The molecule has 21 heavy (non-hydrogen) atoms. The number of benzene rings is 2. The van der Waals surface area contributed by atoms with Crippen molar-refractivity contribution >= 4 is 5.69 Å². The van der Waals surface area contributed by atoms with Gasteiger partial charge in [0, 0.05) is 18.2 Å². The van der Waals surface area contributed by atoms with Gasteiger partial charge in [-0.3, -0.25) is 0 Å². The van der Waals surface area contributed by atoms with Crippen LogP contribution in [-0.4, -0.2) is 20.3 Å². The van der Waals surface area contributed by atoms with E-state index in [9.17, 15) is 0 Å². The molecule has 0 saturated carbocycles. The first kappa shape index (κ1) is 15.2. The second-order valence-corrected chi connectivity index (χ2v) is 4.68. The Kier molecular flexibility index (Phi) is 5.91. The number of hydrogen-bond acceptors (Lipinski definition) is 4. The first-order valence-corrected chi connectivity index (χ1v) is 6.97. The highest BCUT2D eigenvalue weighted by atomic mass is 16.5. The summed E-state index contributed by atoms with van der Waals surface area (Å²) >= 11 is 0. The van der Waals surface area contributed by atoms with Gasteiger partial charge in [-0.05, 0) is 29.8 Å². The second kappa shape index (κ2) is 8.17. The Hall–Kier alpha value is -2.20. The smallest absolute Gasteiger partial charge is 0.121 e. The van der Waals surface area contributed by atoms with Crippen LogP contribution in [0.2, 0.25) is 0 Å². The molecular formula is C17H21NO3. The lowest BCUT2D eigenvalue weighted by molar-refractivity contribution is 0.107. The van der Waals surface area contributed by atoms with Gasteiger partial charge in [0.15, 0.2) is 0 Å². The number of nitrogens with two attached hydrogens (primary N) is 1. The van der Waals surface area contributed by atoms with E-state index in [0.717, 1.165) is 23.5 Å². The number of rotatable bonds is 8. The predicted octanol–water partition coefficient (Wildman–Crippen LogP) is 3.26. The van der Waals surface area contributed by atoms with Gasteiger partial charge in [0.1, 0.15) is 11.5 Å².